The quantitative estimate of drug-likeness (QED) is 0.0194. The second-order valence-corrected chi connectivity index (χ2v) is 30.9. The van der Waals surface area contributed by atoms with E-state index in [1.54, 1.807) is 64.0 Å². The molecule has 30 heteroatoms. The molecule has 4 unspecified atom stereocenters. The summed E-state index contributed by atoms with van der Waals surface area (Å²) in [6, 6.07) is 9.19. The fourth-order valence-corrected chi connectivity index (χ4v) is 14.5. The lowest BCUT2D eigenvalue weighted by atomic mass is 9.89. The van der Waals surface area contributed by atoms with E-state index in [4.69, 9.17) is 88.9 Å². The van der Waals surface area contributed by atoms with Crippen LogP contribution in [0, 0.1) is 17.8 Å². The second-order valence-electron chi connectivity index (χ2n) is 18.2. The maximum absolute atomic E-state index is 11.2. The Hall–Kier alpha value is -0.948. The number of fused-ring (bicyclic) bond motifs is 2. The number of alkyl halides is 1. The number of benzene rings is 1. The van der Waals surface area contributed by atoms with Crippen molar-refractivity contribution in [2.75, 3.05) is 118 Å². The first-order chi connectivity index (χ1) is 36.1. The summed E-state index contributed by atoms with van der Waals surface area (Å²) in [6.45, 7) is 19.2. The van der Waals surface area contributed by atoms with Crippen LogP contribution < -0.4 is 14.8 Å². The molecule has 2 bridgehead atoms. The molecule has 0 aliphatic heterocycles. The largest absolute Gasteiger partial charge is 0.638 e. The molecule has 77 heavy (non-hydrogen) atoms. The number of halogens is 1. The van der Waals surface area contributed by atoms with Crippen molar-refractivity contribution in [3.8, 4) is 5.75 Å². The molecule has 0 saturated heterocycles. The molecule has 1 aromatic carbocycles. The van der Waals surface area contributed by atoms with Gasteiger partial charge >= 0.3 is 56.8 Å². The molecule has 0 heterocycles. The summed E-state index contributed by atoms with van der Waals surface area (Å²) in [5.41, 5.74) is -0.843. The monoisotopic (exact) mass is 1220 g/mol. The topological polar surface area (TPSA) is 264 Å². The summed E-state index contributed by atoms with van der Waals surface area (Å²) in [5.74, 6) is 3.20. The molecule has 0 amide bonds. The number of hydrogen-bond acceptors (Lipinski definition) is 23. The van der Waals surface area contributed by atoms with Crippen molar-refractivity contribution >= 4 is 73.6 Å². The van der Waals surface area contributed by atoms with Crippen LogP contribution in [0.25, 0.3) is 0 Å². The second kappa shape index (κ2) is 46.5. The number of aliphatic hydroxyl groups is 1. The maximum Gasteiger partial charge on any atom is 0.638 e. The molecule has 2 saturated carbocycles. The van der Waals surface area contributed by atoms with Gasteiger partial charge in [-0.15, -0.1) is 11.6 Å². The lowest BCUT2D eigenvalue weighted by Crippen LogP contribution is -2.54. The first kappa shape index (κ1) is 82.5. The van der Waals surface area contributed by atoms with Crippen molar-refractivity contribution < 1.29 is 107 Å². The zero-order valence-corrected chi connectivity index (χ0v) is 56.3. The van der Waals surface area contributed by atoms with E-state index in [9.17, 15) is 9.90 Å². The van der Waals surface area contributed by atoms with E-state index in [1.165, 1.54) is 47.7 Å². The lowest BCUT2D eigenvalue weighted by molar-refractivity contribution is -0.244. The molecule has 4 atom stereocenters. The number of ether oxygens (including phenoxy) is 2. The van der Waals surface area contributed by atoms with Gasteiger partial charge in [-0.05, 0) is 122 Å². The Balaban J connectivity index is -0.000000275. The van der Waals surface area contributed by atoms with Gasteiger partial charge < -0.3 is 86.5 Å². The highest BCUT2D eigenvalue weighted by atomic mass is 35.5. The highest BCUT2D eigenvalue weighted by Crippen LogP contribution is 2.48. The van der Waals surface area contributed by atoms with Gasteiger partial charge in [0.15, 0.2) is 0 Å². The Morgan fingerprint density at radius 2 is 1.13 bits per heavy atom. The van der Waals surface area contributed by atoms with Gasteiger partial charge in [0.05, 0.1) is 18.6 Å². The van der Waals surface area contributed by atoms with Crippen LogP contribution in [0.15, 0.2) is 24.3 Å². The maximum atomic E-state index is 11.2. The van der Waals surface area contributed by atoms with Crippen molar-refractivity contribution in [2.45, 2.75) is 130 Å². The molecule has 0 radical (unpaired) electrons. The van der Waals surface area contributed by atoms with Gasteiger partial charge in [0.1, 0.15) is 11.4 Å². The van der Waals surface area contributed by atoms with E-state index in [0.29, 0.717) is 31.6 Å². The van der Waals surface area contributed by atoms with Crippen LogP contribution in [0.2, 0.25) is 18.6 Å². The van der Waals surface area contributed by atoms with Gasteiger partial charge in [-0.2, -0.15) is 0 Å². The molecule has 2 N–H and O–H groups in total. The normalized spacial score (nSPS) is 16.2. The molecule has 0 spiro atoms. The van der Waals surface area contributed by atoms with Crippen LogP contribution >= 0.6 is 19.9 Å². The molecular formula is C47H103BClO23PSi4. The van der Waals surface area contributed by atoms with Gasteiger partial charge in [0, 0.05) is 141 Å². The Bertz CT molecular complexity index is 1520. The molecular weight excluding hydrogens is 1120 g/mol. The van der Waals surface area contributed by atoms with Crippen LogP contribution in [0.5, 0.6) is 5.75 Å². The number of hydrogen-bond donors (Lipinski definition) is 2. The molecule has 460 valence electrons. The molecule has 1 aromatic rings. The van der Waals surface area contributed by atoms with Gasteiger partial charge in [-0.1, -0.05) is 18.6 Å². The van der Waals surface area contributed by atoms with E-state index < -0.39 is 56.4 Å². The minimum Gasteiger partial charge on any atom is -0.565 e. The number of esters is 1. The van der Waals surface area contributed by atoms with Gasteiger partial charge in [0.2, 0.25) is 0 Å². The first-order valence-electron chi connectivity index (χ1n) is 25.2. The molecule has 2 aliphatic carbocycles. The summed E-state index contributed by atoms with van der Waals surface area (Å²) in [6.07, 6.45) is 7.42. The van der Waals surface area contributed by atoms with Crippen LogP contribution in [-0.4, -0.2) is 188 Å². The van der Waals surface area contributed by atoms with Crippen molar-refractivity contribution in [2.24, 2.45) is 17.8 Å². The third kappa shape index (κ3) is 37.7. The van der Waals surface area contributed by atoms with Crippen molar-refractivity contribution in [1.82, 2.24) is 0 Å². The molecule has 2 aliphatic rings. The van der Waals surface area contributed by atoms with Gasteiger partial charge in [-0.3, -0.25) is 4.79 Å². The molecule has 2 fully saturated rings. The number of rotatable bonds is 29. The van der Waals surface area contributed by atoms with Crippen LogP contribution in [0.3, 0.4) is 0 Å². The van der Waals surface area contributed by atoms with Crippen molar-refractivity contribution in [1.29, 1.82) is 0 Å². The summed E-state index contributed by atoms with van der Waals surface area (Å²) in [7, 11) is 7.09. The minimum absolute atomic E-state index is 0. The van der Waals surface area contributed by atoms with Gasteiger partial charge in [0.25, 0.3) is 0 Å². The Labute approximate surface area is 475 Å². The van der Waals surface area contributed by atoms with Crippen LogP contribution in [0.1, 0.15) is 102 Å². The average molecular weight is 1230 g/mol. The van der Waals surface area contributed by atoms with Crippen molar-refractivity contribution in [3.05, 3.63) is 24.3 Å². The summed E-state index contributed by atoms with van der Waals surface area (Å²) < 4.78 is 99.7. The van der Waals surface area contributed by atoms with E-state index in [1.807, 2.05) is 86.2 Å². The minimum atomic E-state index is -3.04. The summed E-state index contributed by atoms with van der Waals surface area (Å²) in [4.78, 5) is 20.1. The van der Waals surface area contributed by atoms with E-state index in [-0.39, 0.29) is 18.9 Å². The number of carbonyl (C=O) groups is 1. The van der Waals surface area contributed by atoms with Gasteiger partial charge in [-0.25, -0.2) is 5.26 Å². The lowest BCUT2D eigenvalue weighted by Gasteiger charge is -2.29. The molecule has 23 nitrogen and oxygen atoms in total. The predicted octanol–water partition coefficient (Wildman–Crippen LogP) is 7.77. The summed E-state index contributed by atoms with van der Waals surface area (Å²) >= 11 is 5.53. The standard InChI is InChI=1S/C13H22O4Si.C12H28O4Si.C9H14O2.C6H15ClO3Si.C4H12O3Si.C3H9BO3.HO4P.H2/c1-13(2,3)17-11-7-9-12(10-8-11)18(14-4,15-5)16-6;1-6-14-17(15-7-2,16-8-3)11-9-10-12(4,5)13;1-11-9(10)8-5-6-2-3-7(8)4-6;1-8-11(9-2,10-3)6-4-5-7;1-5-8(4,6-2)7-3;1-5-4(6-2)7-3;1-4-5(2)3;/h7-10H,1-6H3;13H,6-11H2,1-5H3;6-8H,2-5H2,1H3;4-6H2,1-3H3;1-4H3;1-3H3;1H;1H. The van der Waals surface area contributed by atoms with E-state index in [0.717, 1.165) is 54.6 Å². The summed E-state index contributed by atoms with van der Waals surface area (Å²) in [5, 5.41) is 17.7. The first-order valence-corrected chi connectivity index (χ1v) is 34.6. The zero-order chi connectivity index (χ0) is 60.4. The molecule has 3 rings (SSSR count). The Kier molecular flexibility index (Phi) is 49.9. The highest BCUT2D eigenvalue weighted by Gasteiger charge is 2.44. The molecule has 0 aromatic heterocycles. The van der Waals surface area contributed by atoms with Crippen LogP contribution in [0.4, 0.5) is 0 Å². The zero-order valence-electron chi connectivity index (χ0n) is 50.6. The highest BCUT2D eigenvalue weighted by molar-refractivity contribution is 7.30. The third-order valence-corrected chi connectivity index (χ3v) is 22.6. The van der Waals surface area contributed by atoms with E-state index >= 15 is 0 Å². The van der Waals surface area contributed by atoms with Crippen molar-refractivity contribution in [3.63, 3.8) is 0 Å². The SMILES string of the molecule is CCO[Si](CCCC(C)(C)O)(OCC)OCC.COB(OC)OC.COC(=O)C1CC2CCC1C2.CO[Si](C)(OC)OC.CO[Si](CCCCl)(OC)OC.CO[Si](OC)(OC)c1ccc(OC(C)(C)C)cc1.O=[P+]([O-])OO.[HH]. The average Bonchev–Trinajstić information content (AvgIpc) is 4.06. The number of methoxy groups -OCH3 is 1. The predicted molar refractivity (Wildman–Crippen MR) is 305 cm³/mol. The van der Waals surface area contributed by atoms with E-state index in [2.05, 4.69) is 18.6 Å². The Morgan fingerprint density at radius 1 is 0.701 bits per heavy atom. The number of carbonyl (C=O) groups excluding carboxylic acids is 1. The third-order valence-electron chi connectivity index (χ3n) is 11.4. The fraction of sp³-hybridized carbons (Fsp3) is 0.851. The fourth-order valence-electron chi connectivity index (χ4n) is 7.49. The smallest absolute Gasteiger partial charge is 0.565 e. The van der Waals surface area contributed by atoms with Crippen LogP contribution in [-0.2, 0) is 85.8 Å². The Morgan fingerprint density at radius 3 is 1.38 bits per heavy atom.